The van der Waals surface area contributed by atoms with Gasteiger partial charge in [-0.2, -0.15) is 0 Å². The van der Waals surface area contributed by atoms with Crippen LogP contribution in [0.2, 0.25) is 0 Å². The number of aliphatic hydroxyl groups excluding tert-OH is 1. The van der Waals surface area contributed by atoms with Gasteiger partial charge >= 0.3 is 0 Å². The van der Waals surface area contributed by atoms with Crippen LogP contribution in [0.15, 0.2) is 6.07 Å². The number of benzene rings is 1. The number of nitrogens with one attached hydrogen (secondary N) is 1. The van der Waals surface area contributed by atoms with Crippen LogP contribution in [-0.2, 0) is 4.79 Å². The van der Waals surface area contributed by atoms with Crippen LogP contribution in [0, 0.1) is 20.8 Å². The Morgan fingerprint density at radius 2 is 2.00 bits per heavy atom. The maximum Gasteiger partial charge on any atom is 0.250 e. The predicted octanol–water partition coefficient (Wildman–Crippen LogP) is 1.55. The lowest BCUT2D eigenvalue weighted by atomic mass is 10.0. The van der Waals surface area contributed by atoms with Gasteiger partial charge in [-0.25, -0.2) is 0 Å². The molecule has 0 aliphatic rings. The molecule has 0 aliphatic carbocycles. The third-order valence-electron chi connectivity index (χ3n) is 2.65. The van der Waals surface area contributed by atoms with Gasteiger partial charge in [-0.1, -0.05) is 0 Å². The molecule has 0 fully saturated rings. The molecule has 1 aromatic carbocycles. The zero-order chi connectivity index (χ0) is 12.3. The second kappa shape index (κ2) is 4.99. The second-order valence-corrected chi connectivity index (χ2v) is 3.73. The van der Waals surface area contributed by atoms with Crippen molar-refractivity contribution in [3.05, 3.63) is 22.8 Å². The number of methoxy groups -OCH3 is 1. The Morgan fingerprint density at radius 3 is 2.50 bits per heavy atom. The van der Waals surface area contributed by atoms with Crippen molar-refractivity contribution < 1.29 is 14.6 Å². The first-order valence-electron chi connectivity index (χ1n) is 5.06. The summed E-state index contributed by atoms with van der Waals surface area (Å²) >= 11 is 0. The number of anilines is 1. The summed E-state index contributed by atoms with van der Waals surface area (Å²) in [5, 5.41) is 11.3. The van der Waals surface area contributed by atoms with Gasteiger partial charge in [-0.15, -0.1) is 0 Å². The van der Waals surface area contributed by atoms with Crippen molar-refractivity contribution in [2.45, 2.75) is 20.8 Å². The molecule has 0 aromatic heterocycles. The molecule has 0 aliphatic heterocycles. The smallest absolute Gasteiger partial charge is 0.250 e. The standard InChI is InChI=1S/C12H17NO3/c1-7-5-10(13-11(15)6-14)8(2)9(3)12(7)16-4/h5,14H,6H2,1-4H3,(H,13,15). The van der Waals surface area contributed by atoms with Crippen LogP contribution in [0.5, 0.6) is 5.75 Å². The van der Waals surface area contributed by atoms with Gasteiger partial charge in [0.05, 0.1) is 7.11 Å². The normalized spacial score (nSPS) is 10.1. The number of amides is 1. The minimum atomic E-state index is -0.510. The van der Waals surface area contributed by atoms with Crippen LogP contribution in [-0.4, -0.2) is 24.7 Å². The first-order valence-corrected chi connectivity index (χ1v) is 5.06. The van der Waals surface area contributed by atoms with E-state index in [1.807, 2.05) is 26.8 Å². The molecule has 0 heterocycles. The fourth-order valence-corrected chi connectivity index (χ4v) is 1.69. The largest absolute Gasteiger partial charge is 0.496 e. The van der Waals surface area contributed by atoms with E-state index in [1.54, 1.807) is 7.11 Å². The molecule has 88 valence electrons. The van der Waals surface area contributed by atoms with E-state index in [9.17, 15) is 4.79 Å². The van der Waals surface area contributed by atoms with Crippen molar-refractivity contribution in [2.75, 3.05) is 19.0 Å². The number of aliphatic hydroxyl groups is 1. The molecule has 0 saturated heterocycles. The molecular weight excluding hydrogens is 206 g/mol. The van der Waals surface area contributed by atoms with E-state index in [4.69, 9.17) is 9.84 Å². The molecule has 4 nitrogen and oxygen atoms in total. The van der Waals surface area contributed by atoms with Crippen molar-refractivity contribution >= 4 is 11.6 Å². The van der Waals surface area contributed by atoms with Crippen LogP contribution < -0.4 is 10.1 Å². The van der Waals surface area contributed by atoms with E-state index in [-0.39, 0.29) is 0 Å². The van der Waals surface area contributed by atoms with E-state index in [0.717, 1.165) is 28.1 Å². The lowest BCUT2D eigenvalue weighted by molar-refractivity contribution is -0.118. The summed E-state index contributed by atoms with van der Waals surface area (Å²) in [6.07, 6.45) is 0. The Balaban J connectivity index is 3.18. The molecule has 0 atom stereocenters. The third kappa shape index (κ3) is 2.33. The molecule has 0 saturated carbocycles. The predicted molar refractivity (Wildman–Crippen MR) is 62.9 cm³/mol. The zero-order valence-electron chi connectivity index (χ0n) is 10.0. The number of carbonyl (C=O) groups excluding carboxylic acids is 1. The van der Waals surface area contributed by atoms with E-state index < -0.39 is 12.5 Å². The van der Waals surface area contributed by atoms with Crippen LogP contribution in [0.1, 0.15) is 16.7 Å². The SMILES string of the molecule is COc1c(C)cc(NC(=O)CO)c(C)c1C. The van der Waals surface area contributed by atoms with Gasteiger partial charge in [0, 0.05) is 5.69 Å². The number of hydrogen-bond donors (Lipinski definition) is 2. The minimum Gasteiger partial charge on any atom is -0.496 e. The summed E-state index contributed by atoms with van der Waals surface area (Å²) in [6.45, 7) is 5.25. The first-order chi connectivity index (χ1) is 7.51. The number of ether oxygens (including phenoxy) is 1. The highest BCUT2D eigenvalue weighted by molar-refractivity contribution is 5.92. The molecule has 0 unspecified atom stereocenters. The Labute approximate surface area is 95.2 Å². The van der Waals surface area contributed by atoms with E-state index >= 15 is 0 Å². The molecule has 0 spiro atoms. The average molecular weight is 223 g/mol. The van der Waals surface area contributed by atoms with Gasteiger partial charge < -0.3 is 15.2 Å². The lowest BCUT2D eigenvalue weighted by Crippen LogP contribution is -2.16. The summed E-state index contributed by atoms with van der Waals surface area (Å²) in [4.78, 5) is 11.1. The van der Waals surface area contributed by atoms with Crippen molar-refractivity contribution in [2.24, 2.45) is 0 Å². The van der Waals surface area contributed by atoms with Crippen LogP contribution in [0.25, 0.3) is 0 Å². The maximum atomic E-state index is 11.1. The summed E-state index contributed by atoms with van der Waals surface area (Å²) in [5.74, 6) is 0.423. The lowest BCUT2D eigenvalue weighted by Gasteiger charge is -2.15. The highest BCUT2D eigenvalue weighted by Gasteiger charge is 2.11. The highest BCUT2D eigenvalue weighted by Crippen LogP contribution is 2.31. The highest BCUT2D eigenvalue weighted by atomic mass is 16.5. The van der Waals surface area contributed by atoms with Crippen LogP contribution in [0.3, 0.4) is 0 Å². The molecule has 0 radical (unpaired) electrons. The average Bonchev–Trinajstić information content (AvgIpc) is 2.26. The van der Waals surface area contributed by atoms with Crippen LogP contribution >= 0.6 is 0 Å². The molecule has 2 N–H and O–H groups in total. The number of aryl methyl sites for hydroxylation is 1. The second-order valence-electron chi connectivity index (χ2n) is 3.73. The van der Waals surface area contributed by atoms with Crippen molar-refractivity contribution in [1.82, 2.24) is 0 Å². The Morgan fingerprint density at radius 1 is 1.38 bits per heavy atom. The summed E-state index contributed by atoms with van der Waals surface area (Å²) in [6, 6.07) is 1.84. The third-order valence-corrected chi connectivity index (χ3v) is 2.65. The molecule has 1 amide bonds. The Bertz CT molecular complexity index is 413. The zero-order valence-corrected chi connectivity index (χ0v) is 10.0. The Hall–Kier alpha value is -1.55. The van der Waals surface area contributed by atoms with E-state index in [2.05, 4.69) is 5.32 Å². The van der Waals surface area contributed by atoms with E-state index in [1.165, 1.54) is 0 Å². The van der Waals surface area contributed by atoms with Gasteiger partial charge in [-0.3, -0.25) is 4.79 Å². The molecule has 16 heavy (non-hydrogen) atoms. The summed E-state index contributed by atoms with van der Waals surface area (Å²) < 4.78 is 5.28. The van der Waals surface area contributed by atoms with E-state index in [0.29, 0.717) is 0 Å². The fourth-order valence-electron chi connectivity index (χ4n) is 1.69. The fraction of sp³-hybridized carbons (Fsp3) is 0.417. The minimum absolute atomic E-state index is 0.410. The Kier molecular flexibility index (Phi) is 3.90. The maximum absolute atomic E-state index is 11.1. The van der Waals surface area contributed by atoms with Crippen LogP contribution in [0.4, 0.5) is 5.69 Å². The molecular formula is C12H17NO3. The van der Waals surface area contributed by atoms with Crippen molar-refractivity contribution in [3.8, 4) is 5.75 Å². The molecule has 0 bridgehead atoms. The molecule has 4 heteroatoms. The number of hydrogen-bond acceptors (Lipinski definition) is 3. The number of rotatable bonds is 3. The van der Waals surface area contributed by atoms with Gasteiger partial charge in [0.2, 0.25) is 5.91 Å². The summed E-state index contributed by atoms with van der Waals surface area (Å²) in [5.41, 5.74) is 3.62. The van der Waals surface area contributed by atoms with Gasteiger partial charge in [-0.05, 0) is 43.5 Å². The van der Waals surface area contributed by atoms with Crippen molar-refractivity contribution in [1.29, 1.82) is 0 Å². The quantitative estimate of drug-likeness (QED) is 0.817. The number of carbonyl (C=O) groups is 1. The summed E-state index contributed by atoms with van der Waals surface area (Å²) in [7, 11) is 1.63. The monoisotopic (exact) mass is 223 g/mol. The first kappa shape index (κ1) is 12.5. The topological polar surface area (TPSA) is 58.6 Å². The van der Waals surface area contributed by atoms with Crippen molar-refractivity contribution in [3.63, 3.8) is 0 Å². The van der Waals surface area contributed by atoms with Gasteiger partial charge in [0.1, 0.15) is 12.4 Å². The van der Waals surface area contributed by atoms with Gasteiger partial charge in [0.15, 0.2) is 0 Å². The van der Waals surface area contributed by atoms with Gasteiger partial charge in [0.25, 0.3) is 0 Å². The molecule has 1 aromatic rings. The molecule has 1 rings (SSSR count).